The zero-order valence-corrected chi connectivity index (χ0v) is 10.9. The minimum Gasteiger partial charge on any atom is -0.317 e. The molecule has 96 valence electrons. The third-order valence-corrected chi connectivity index (χ3v) is 3.58. The Morgan fingerprint density at radius 1 is 1.33 bits per heavy atom. The molecule has 0 aromatic heterocycles. The zero-order valence-electron chi connectivity index (χ0n) is 10.9. The van der Waals surface area contributed by atoms with Gasteiger partial charge in [0, 0.05) is 6.04 Å². The first-order valence-corrected chi connectivity index (χ1v) is 6.68. The average Bonchev–Trinajstić information content (AvgIpc) is 2.41. The molecule has 1 aromatic rings. The molecule has 1 aliphatic rings. The van der Waals surface area contributed by atoms with Crippen LogP contribution in [0.15, 0.2) is 30.3 Å². The minimum atomic E-state index is -0.334. The van der Waals surface area contributed by atoms with E-state index < -0.39 is 0 Å². The quantitative estimate of drug-likeness (QED) is 0.848. The molecule has 0 amide bonds. The standard InChI is InChI=1S/C15H21N3/c1-13(11-14-5-3-2-4-6-14)18-15(12-16)7-9-17-10-8-15/h2-6,13,17-18H,7-11H2,1H3. The molecular formula is C15H21N3. The number of hydrogen-bond acceptors (Lipinski definition) is 3. The molecule has 18 heavy (non-hydrogen) atoms. The van der Waals surface area contributed by atoms with Crippen LogP contribution in [0, 0.1) is 11.3 Å². The fourth-order valence-corrected chi connectivity index (χ4v) is 2.63. The summed E-state index contributed by atoms with van der Waals surface area (Å²) in [6.45, 7) is 4.02. The fraction of sp³-hybridized carbons (Fsp3) is 0.533. The molecule has 1 heterocycles. The monoisotopic (exact) mass is 243 g/mol. The predicted molar refractivity (Wildman–Crippen MR) is 73.2 cm³/mol. The van der Waals surface area contributed by atoms with Gasteiger partial charge in [-0.15, -0.1) is 0 Å². The fourth-order valence-electron chi connectivity index (χ4n) is 2.63. The predicted octanol–water partition coefficient (Wildman–Crippen LogP) is 1.85. The largest absolute Gasteiger partial charge is 0.317 e. The molecule has 1 aromatic carbocycles. The van der Waals surface area contributed by atoms with E-state index in [9.17, 15) is 5.26 Å². The third kappa shape index (κ3) is 3.32. The molecule has 2 N–H and O–H groups in total. The number of piperidine rings is 1. The molecular weight excluding hydrogens is 222 g/mol. The highest BCUT2D eigenvalue weighted by molar-refractivity contribution is 5.17. The van der Waals surface area contributed by atoms with Crippen LogP contribution in [0.5, 0.6) is 0 Å². The second-order valence-corrected chi connectivity index (χ2v) is 5.18. The summed E-state index contributed by atoms with van der Waals surface area (Å²) in [4.78, 5) is 0. The maximum atomic E-state index is 9.42. The topological polar surface area (TPSA) is 47.9 Å². The number of rotatable bonds is 4. The van der Waals surface area contributed by atoms with Crippen LogP contribution in [0.4, 0.5) is 0 Å². The Balaban J connectivity index is 1.94. The second-order valence-electron chi connectivity index (χ2n) is 5.18. The van der Waals surface area contributed by atoms with Crippen LogP contribution in [0.25, 0.3) is 0 Å². The first-order valence-electron chi connectivity index (χ1n) is 6.68. The van der Waals surface area contributed by atoms with E-state index in [4.69, 9.17) is 0 Å². The van der Waals surface area contributed by atoms with Gasteiger partial charge in [-0.3, -0.25) is 5.32 Å². The molecule has 0 spiro atoms. The molecule has 1 fully saturated rings. The lowest BCUT2D eigenvalue weighted by Gasteiger charge is -2.35. The van der Waals surface area contributed by atoms with E-state index in [-0.39, 0.29) is 5.54 Å². The smallest absolute Gasteiger partial charge is 0.109 e. The van der Waals surface area contributed by atoms with Gasteiger partial charge in [-0.2, -0.15) is 5.26 Å². The van der Waals surface area contributed by atoms with Crippen LogP contribution in [0.3, 0.4) is 0 Å². The van der Waals surface area contributed by atoms with Crippen molar-refractivity contribution in [1.82, 2.24) is 10.6 Å². The summed E-state index contributed by atoms with van der Waals surface area (Å²) in [5, 5.41) is 16.3. The van der Waals surface area contributed by atoms with Crippen molar-refractivity contribution in [2.45, 2.75) is 37.8 Å². The molecule has 2 rings (SSSR count). The van der Waals surface area contributed by atoms with Gasteiger partial charge in [0.1, 0.15) is 5.54 Å². The van der Waals surface area contributed by atoms with Crippen LogP contribution in [0.2, 0.25) is 0 Å². The van der Waals surface area contributed by atoms with Gasteiger partial charge >= 0.3 is 0 Å². The Kier molecular flexibility index (Phi) is 4.35. The van der Waals surface area contributed by atoms with Crippen molar-refractivity contribution >= 4 is 0 Å². The molecule has 1 aliphatic heterocycles. The van der Waals surface area contributed by atoms with Gasteiger partial charge in [0.25, 0.3) is 0 Å². The van der Waals surface area contributed by atoms with Gasteiger partial charge in [0.05, 0.1) is 6.07 Å². The highest BCUT2D eigenvalue weighted by atomic mass is 15.0. The van der Waals surface area contributed by atoms with Crippen molar-refractivity contribution in [3.05, 3.63) is 35.9 Å². The maximum absolute atomic E-state index is 9.42. The molecule has 1 saturated heterocycles. The van der Waals surface area contributed by atoms with Crippen molar-refractivity contribution < 1.29 is 0 Å². The summed E-state index contributed by atoms with van der Waals surface area (Å²) in [7, 11) is 0. The molecule has 0 radical (unpaired) electrons. The molecule has 3 heteroatoms. The van der Waals surface area contributed by atoms with E-state index in [2.05, 4.69) is 47.9 Å². The summed E-state index contributed by atoms with van der Waals surface area (Å²) >= 11 is 0. The van der Waals surface area contributed by atoms with E-state index in [1.807, 2.05) is 6.07 Å². The Morgan fingerprint density at radius 2 is 2.00 bits per heavy atom. The van der Waals surface area contributed by atoms with E-state index in [0.717, 1.165) is 32.4 Å². The Bertz CT molecular complexity index is 401. The normalized spacial score (nSPS) is 20.0. The molecule has 1 atom stereocenters. The zero-order chi connectivity index (χ0) is 12.8. The highest BCUT2D eigenvalue weighted by Gasteiger charge is 2.32. The van der Waals surface area contributed by atoms with Crippen LogP contribution in [0.1, 0.15) is 25.3 Å². The van der Waals surface area contributed by atoms with E-state index in [0.29, 0.717) is 6.04 Å². The van der Waals surface area contributed by atoms with Gasteiger partial charge in [-0.05, 0) is 44.8 Å². The summed E-state index contributed by atoms with van der Waals surface area (Å²) in [6, 6.07) is 13.2. The number of nitriles is 1. The SMILES string of the molecule is CC(Cc1ccccc1)NC1(C#N)CCNCC1. The van der Waals surface area contributed by atoms with Gasteiger partial charge in [-0.1, -0.05) is 30.3 Å². The Labute approximate surface area is 109 Å². The van der Waals surface area contributed by atoms with Crippen molar-refractivity contribution in [2.24, 2.45) is 0 Å². The minimum absolute atomic E-state index is 0.324. The van der Waals surface area contributed by atoms with Crippen molar-refractivity contribution in [3.8, 4) is 6.07 Å². The van der Waals surface area contributed by atoms with Crippen molar-refractivity contribution in [3.63, 3.8) is 0 Å². The average molecular weight is 243 g/mol. The van der Waals surface area contributed by atoms with Crippen molar-refractivity contribution in [1.29, 1.82) is 5.26 Å². The maximum Gasteiger partial charge on any atom is 0.109 e. The molecule has 0 bridgehead atoms. The molecule has 1 unspecified atom stereocenters. The van der Waals surface area contributed by atoms with Gasteiger partial charge in [0.2, 0.25) is 0 Å². The van der Waals surface area contributed by atoms with Gasteiger partial charge < -0.3 is 5.32 Å². The highest BCUT2D eigenvalue weighted by Crippen LogP contribution is 2.18. The summed E-state index contributed by atoms with van der Waals surface area (Å²) in [6.07, 6.45) is 2.75. The first kappa shape index (κ1) is 13.1. The van der Waals surface area contributed by atoms with E-state index >= 15 is 0 Å². The van der Waals surface area contributed by atoms with Crippen LogP contribution in [-0.4, -0.2) is 24.7 Å². The molecule has 0 saturated carbocycles. The Hall–Kier alpha value is -1.37. The van der Waals surface area contributed by atoms with Crippen molar-refractivity contribution in [2.75, 3.05) is 13.1 Å². The molecule has 0 aliphatic carbocycles. The number of hydrogen-bond donors (Lipinski definition) is 2. The third-order valence-electron chi connectivity index (χ3n) is 3.58. The molecule has 3 nitrogen and oxygen atoms in total. The lowest BCUT2D eigenvalue weighted by Crippen LogP contribution is -2.54. The lowest BCUT2D eigenvalue weighted by molar-refractivity contribution is 0.284. The van der Waals surface area contributed by atoms with E-state index in [1.165, 1.54) is 5.56 Å². The number of nitrogens with zero attached hydrogens (tertiary/aromatic N) is 1. The summed E-state index contributed by atoms with van der Waals surface area (Å²) in [5.41, 5.74) is 0.985. The second kappa shape index (κ2) is 5.99. The summed E-state index contributed by atoms with van der Waals surface area (Å²) < 4.78 is 0. The van der Waals surface area contributed by atoms with Crippen LogP contribution in [-0.2, 0) is 6.42 Å². The van der Waals surface area contributed by atoms with Crippen LogP contribution >= 0.6 is 0 Å². The Morgan fingerprint density at radius 3 is 2.61 bits per heavy atom. The van der Waals surface area contributed by atoms with E-state index in [1.54, 1.807) is 0 Å². The van der Waals surface area contributed by atoms with Gasteiger partial charge in [-0.25, -0.2) is 0 Å². The van der Waals surface area contributed by atoms with Gasteiger partial charge in [0.15, 0.2) is 0 Å². The first-order chi connectivity index (χ1) is 8.74. The lowest BCUT2D eigenvalue weighted by atomic mass is 9.88. The van der Waals surface area contributed by atoms with Crippen LogP contribution < -0.4 is 10.6 Å². The number of benzene rings is 1. The summed E-state index contributed by atoms with van der Waals surface area (Å²) in [5.74, 6) is 0. The number of nitrogens with one attached hydrogen (secondary N) is 2.